The largest absolute Gasteiger partial charge is 0.454 e. The van der Waals surface area contributed by atoms with Gasteiger partial charge in [-0.3, -0.25) is 4.98 Å². The molecule has 0 spiro atoms. The molecule has 2 nitrogen and oxygen atoms in total. The van der Waals surface area contributed by atoms with Gasteiger partial charge in [0.15, 0.2) is 5.58 Å². The first kappa shape index (κ1) is 22.3. The van der Waals surface area contributed by atoms with Crippen LogP contribution in [0, 0.1) is 6.92 Å². The number of fused-ring (bicyclic) bond motifs is 5. The molecule has 1 aliphatic carbocycles. The summed E-state index contributed by atoms with van der Waals surface area (Å²) >= 11 is 0. The highest BCUT2D eigenvalue weighted by Gasteiger charge is 2.39. The monoisotopic (exact) mass is 461 g/mol. The number of furan rings is 1. The van der Waals surface area contributed by atoms with Gasteiger partial charge in [-0.2, -0.15) is 0 Å². The lowest BCUT2D eigenvalue weighted by Crippen LogP contribution is -2.34. The molecule has 2 heteroatoms. The number of hydrogen-bond donors (Lipinski definition) is 0. The van der Waals surface area contributed by atoms with E-state index in [1.807, 2.05) is 6.20 Å². The SMILES string of the molecule is Cc1c2c(cc3oc4c(-c5cc(C(C)C)c6ccccc6c5)nccc4c13)C(C)(C)CCC2(C)C. The number of aromatic nitrogens is 1. The van der Waals surface area contributed by atoms with E-state index in [9.17, 15) is 0 Å². The molecule has 0 amide bonds. The minimum absolute atomic E-state index is 0.147. The van der Waals surface area contributed by atoms with Gasteiger partial charge in [-0.05, 0) is 93.8 Å². The van der Waals surface area contributed by atoms with E-state index < -0.39 is 0 Å². The topological polar surface area (TPSA) is 26.0 Å². The van der Waals surface area contributed by atoms with Gasteiger partial charge in [0, 0.05) is 22.5 Å². The Morgan fingerprint density at radius 1 is 0.886 bits per heavy atom. The highest BCUT2D eigenvalue weighted by molar-refractivity contribution is 6.11. The molecule has 5 aromatic rings. The van der Waals surface area contributed by atoms with Crippen LogP contribution in [-0.2, 0) is 10.8 Å². The number of rotatable bonds is 2. The molecule has 2 heterocycles. The maximum absolute atomic E-state index is 6.70. The molecule has 0 bridgehead atoms. The van der Waals surface area contributed by atoms with Crippen molar-refractivity contribution in [1.82, 2.24) is 4.98 Å². The van der Waals surface area contributed by atoms with Crippen LogP contribution in [0.2, 0.25) is 0 Å². The van der Waals surface area contributed by atoms with Crippen molar-refractivity contribution in [3.63, 3.8) is 0 Å². The van der Waals surface area contributed by atoms with Gasteiger partial charge in [0.25, 0.3) is 0 Å². The Hall–Kier alpha value is -3.13. The summed E-state index contributed by atoms with van der Waals surface area (Å²) in [6, 6.07) is 17.7. The van der Waals surface area contributed by atoms with E-state index in [1.165, 1.54) is 56.6 Å². The van der Waals surface area contributed by atoms with Crippen molar-refractivity contribution >= 4 is 32.7 Å². The van der Waals surface area contributed by atoms with Crippen LogP contribution in [0.3, 0.4) is 0 Å². The molecule has 178 valence electrons. The second-order valence-corrected chi connectivity index (χ2v) is 12.1. The van der Waals surface area contributed by atoms with Gasteiger partial charge >= 0.3 is 0 Å². The first-order valence-electron chi connectivity index (χ1n) is 13.0. The van der Waals surface area contributed by atoms with Gasteiger partial charge in [-0.25, -0.2) is 0 Å². The van der Waals surface area contributed by atoms with Crippen molar-refractivity contribution in [1.29, 1.82) is 0 Å². The van der Waals surface area contributed by atoms with Crippen LogP contribution in [0.1, 0.15) is 82.6 Å². The van der Waals surface area contributed by atoms with E-state index in [0.717, 1.165) is 22.4 Å². The Balaban J connectivity index is 1.68. The van der Waals surface area contributed by atoms with Crippen LogP contribution in [0.15, 0.2) is 59.1 Å². The lowest BCUT2D eigenvalue weighted by Gasteiger charge is -2.42. The number of aryl methyl sites for hydroxylation is 1. The molecule has 2 aromatic heterocycles. The summed E-state index contributed by atoms with van der Waals surface area (Å²) in [5.41, 5.74) is 9.92. The summed E-state index contributed by atoms with van der Waals surface area (Å²) in [5, 5.41) is 4.98. The zero-order chi connectivity index (χ0) is 24.7. The van der Waals surface area contributed by atoms with Gasteiger partial charge in [0.2, 0.25) is 0 Å². The molecule has 35 heavy (non-hydrogen) atoms. The minimum Gasteiger partial charge on any atom is -0.454 e. The second-order valence-electron chi connectivity index (χ2n) is 12.1. The van der Waals surface area contributed by atoms with Crippen LogP contribution in [-0.4, -0.2) is 4.98 Å². The van der Waals surface area contributed by atoms with E-state index in [-0.39, 0.29) is 10.8 Å². The molecule has 6 rings (SSSR count). The highest BCUT2D eigenvalue weighted by atomic mass is 16.3. The summed E-state index contributed by atoms with van der Waals surface area (Å²) in [4.78, 5) is 4.87. The van der Waals surface area contributed by atoms with Crippen LogP contribution in [0.4, 0.5) is 0 Å². The van der Waals surface area contributed by atoms with Gasteiger partial charge in [0.1, 0.15) is 11.3 Å². The summed E-state index contributed by atoms with van der Waals surface area (Å²) in [7, 11) is 0. The molecular formula is C33H35NO. The Kier molecular flexibility index (Phi) is 4.75. The van der Waals surface area contributed by atoms with Crippen LogP contribution in [0.5, 0.6) is 0 Å². The fraction of sp³-hybridized carbons (Fsp3) is 0.364. The average molecular weight is 462 g/mol. The van der Waals surface area contributed by atoms with Crippen molar-refractivity contribution in [2.24, 2.45) is 0 Å². The summed E-state index contributed by atoms with van der Waals surface area (Å²) in [6.45, 7) is 16.4. The molecule has 0 atom stereocenters. The van der Waals surface area contributed by atoms with E-state index in [2.05, 4.69) is 97.0 Å². The lowest BCUT2D eigenvalue weighted by atomic mass is 9.62. The van der Waals surface area contributed by atoms with Gasteiger partial charge in [-0.15, -0.1) is 0 Å². The van der Waals surface area contributed by atoms with E-state index in [1.54, 1.807) is 0 Å². The fourth-order valence-corrected chi connectivity index (χ4v) is 6.51. The zero-order valence-corrected chi connectivity index (χ0v) is 22.0. The fourth-order valence-electron chi connectivity index (χ4n) is 6.51. The third-order valence-electron chi connectivity index (χ3n) is 8.50. The molecule has 0 radical (unpaired) electrons. The van der Waals surface area contributed by atoms with Crippen molar-refractivity contribution < 1.29 is 4.42 Å². The smallest absolute Gasteiger partial charge is 0.161 e. The third-order valence-corrected chi connectivity index (χ3v) is 8.50. The van der Waals surface area contributed by atoms with Gasteiger partial charge in [-0.1, -0.05) is 65.8 Å². The van der Waals surface area contributed by atoms with Crippen molar-refractivity contribution in [2.75, 3.05) is 0 Å². The number of pyridine rings is 1. The molecule has 0 unspecified atom stereocenters. The molecule has 0 saturated heterocycles. The van der Waals surface area contributed by atoms with Crippen LogP contribution >= 0.6 is 0 Å². The first-order valence-corrected chi connectivity index (χ1v) is 13.0. The summed E-state index contributed by atoms with van der Waals surface area (Å²) in [5.74, 6) is 0.424. The quantitative estimate of drug-likeness (QED) is 0.261. The van der Waals surface area contributed by atoms with Crippen molar-refractivity contribution in [2.45, 2.75) is 78.1 Å². The molecule has 0 fully saturated rings. The Bertz CT molecular complexity index is 1630. The van der Waals surface area contributed by atoms with E-state index in [4.69, 9.17) is 9.40 Å². The maximum Gasteiger partial charge on any atom is 0.161 e. The predicted molar refractivity (Wildman–Crippen MR) is 149 cm³/mol. The molecule has 0 aliphatic heterocycles. The van der Waals surface area contributed by atoms with Crippen LogP contribution < -0.4 is 0 Å². The van der Waals surface area contributed by atoms with Crippen molar-refractivity contribution in [3.05, 3.63) is 77.0 Å². The minimum atomic E-state index is 0.147. The van der Waals surface area contributed by atoms with E-state index >= 15 is 0 Å². The predicted octanol–water partition coefficient (Wildman–Crippen LogP) is 9.58. The standard InChI is InChI=1S/C33H35NO/c1-19(2)25-17-22(16-21-10-8-9-11-23(21)25)30-31-24(12-15-34-30)28-20(3)29-26(18-27(28)35-31)32(4,5)13-14-33(29,6)7/h8-12,15-19H,13-14H2,1-7H3. The molecule has 1 aliphatic rings. The van der Waals surface area contributed by atoms with Gasteiger partial charge < -0.3 is 4.42 Å². The number of nitrogens with zero attached hydrogens (tertiary/aromatic N) is 1. The molecular weight excluding hydrogens is 426 g/mol. The maximum atomic E-state index is 6.70. The first-order chi connectivity index (χ1) is 16.6. The number of hydrogen-bond acceptors (Lipinski definition) is 2. The molecule has 0 N–H and O–H groups in total. The Morgan fingerprint density at radius 3 is 2.40 bits per heavy atom. The van der Waals surface area contributed by atoms with Gasteiger partial charge in [0.05, 0.1) is 0 Å². The average Bonchev–Trinajstić information content (AvgIpc) is 3.20. The molecule has 0 saturated carbocycles. The molecule has 3 aromatic carbocycles. The lowest BCUT2D eigenvalue weighted by molar-refractivity contribution is 0.331. The Morgan fingerprint density at radius 2 is 1.63 bits per heavy atom. The Labute approximate surface area is 208 Å². The van der Waals surface area contributed by atoms with Crippen LogP contribution in [0.25, 0.3) is 44.0 Å². The summed E-state index contributed by atoms with van der Waals surface area (Å²) in [6.07, 6.45) is 4.35. The third kappa shape index (κ3) is 3.26. The van der Waals surface area contributed by atoms with E-state index in [0.29, 0.717) is 5.92 Å². The highest BCUT2D eigenvalue weighted by Crippen LogP contribution is 2.50. The normalized spacial score (nSPS) is 16.9. The summed E-state index contributed by atoms with van der Waals surface area (Å²) < 4.78 is 6.70. The van der Waals surface area contributed by atoms with Crippen molar-refractivity contribution in [3.8, 4) is 11.3 Å². The number of benzene rings is 3. The zero-order valence-electron chi connectivity index (χ0n) is 22.0. The second kappa shape index (κ2) is 7.43.